The number of thiophene rings is 1. The zero-order chi connectivity index (χ0) is 11.6. The minimum atomic E-state index is 1.21. The first-order valence-electron chi connectivity index (χ1n) is 4.96. The van der Waals surface area contributed by atoms with Crippen molar-refractivity contribution in [2.45, 2.75) is 0 Å². The Bertz CT molecular complexity index is 435. The summed E-state index contributed by atoms with van der Waals surface area (Å²) >= 11 is 1.71. The molecule has 0 unspecified atom stereocenters. The van der Waals surface area contributed by atoms with E-state index >= 15 is 0 Å². The average molecular weight is 229 g/mol. The van der Waals surface area contributed by atoms with Gasteiger partial charge in [-0.2, -0.15) is 11.3 Å². The number of rotatable bonds is 0. The van der Waals surface area contributed by atoms with Crippen LogP contribution in [0.2, 0.25) is 0 Å². The van der Waals surface area contributed by atoms with Gasteiger partial charge >= 0.3 is 0 Å². The van der Waals surface area contributed by atoms with Gasteiger partial charge < -0.3 is 4.98 Å². The van der Waals surface area contributed by atoms with Gasteiger partial charge in [0.25, 0.3) is 0 Å². The molecule has 1 nitrogen and oxygen atoms in total. The minimum absolute atomic E-state index is 1.21. The summed E-state index contributed by atoms with van der Waals surface area (Å²) in [6.07, 6.45) is 1.95. The van der Waals surface area contributed by atoms with Crippen molar-refractivity contribution in [3.63, 3.8) is 0 Å². The highest BCUT2D eigenvalue weighted by Crippen LogP contribution is 2.09. The lowest BCUT2D eigenvalue weighted by Crippen LogP contribution is -1.61. The highest BCUT2D eigenvalue weighted by Gasteiger charge is 1.86. The summed E-state index contributed by atoms with van der Waals surface area (Å²) in [5.74, 6) is 0. The van der Waals surface area contributed by atoms with Crippen molar-refractivity contribution in [3.05, 3.63) is 72.6 Å². The van der Waals surface area contributed by atoms with Crippen LogP contribution in [0.15, 0.2) is 72.6 Å². The zero-order valence-electron chi connectivity index (χ0n) is 9.10. The highest BCUT2D eigenvalue weighted by atomic mass is 32.1. The molecule has 0 aliphatic heterocycles. The molecule has 1 N–H and O–H groups in total. The van der Waals surface area contributed by atoms with Gasteiger partial charge in [-0.25, -0.2) is 0 Å². The van der Waals surface area contributed by atoms with Crippen LogP contribution in [-0.4, -0.2) is 4.98 Å². The van der Waals surface area contributed by atoms with Crippen LogP contribution in [0.5, 0.6) is 0 Å². The lowest BCUT2D eigenvalue weighted by atomic mass is 10.3. The van der Waals surface area contributed by atoms with Gasteiger partial charge in [0.15, 0.2) is 0 Å². The van der Waals surface area contributed by atoms with Gasteiger partial charge in [0, 0.05) is 11.7 Å². The number of H-pyrrole nitrogens is 1. The van der Waals surface area contributed by atoms with Crippen LogP contribution in [0, 0.1) is 0 Å². The van der Waals surface area contributed by atoms with Crippen LogP contribution in [0.4, 0.5) is 0 Å². The van der Waals surface area contributed by atoms with Crippen molar-refractivity contribution >= 4 is 22.2 Å². The molecular formula is C14H15NS. The molecule has 0 fully saturated rings. The maximum Gasteiger partial charge on any atom is 0.0453 e. The molecule has 3 aromatic rings. The molecule has 2 heterocycles. The second-order valence-corrected chi connectivity index (χ2v) is 3.67. The van der Waals surface area contributed by atoms with Gasteiger partial charge in [-0.15, -0.1) is 13.2 Å². The predicted molar refractivity (Wildman–Crippen MR) is 73.9 cm³/mol. The number of benzene rings is 1. The molecule has 82 valence electrons. The number of hydrogen-bond donors (Lipinski definition) is 1. The van der Waals surface area contributed by atoms with Crippen molar-refractivity contribution in [2.24, 2.45) is 0 Å². The van der Waals surface area contributed by atoms with Crippen LogP contribution in [0.1, 0.15) is 0 Å². The van der Waals surface area contributed by atoms with E-state index in [1.807, 2.05) is 41.2 Å². The molecule has 0 aliphatic carbocycles. The Hall–Kier alpha value is -1.80. The van der Waals surface area contributed by atoms with Gasteiger partial charge in [-0.05, 0) is 28.3 Å². The predicted octanol–water partition coefficient (Wildman–Crippen LogP) is 4.72. The van der Waals surface area contributed by atoms with Crippen molar-refractivity contribution in [1.82, 2.24) is 4.98 Å². The van der Waals surface area contributed by atoms with E-state index in [9.17, 15) is 0 Å². The molecule has 16 heavy (non-hydrogen) atoms. The number of hydrogen-bond acceptors (Lipinski definition) is 1. The Morgan fingerprint density at radius 2 is 1.56 bits per heavy atom. The van der Waals surface area contributed by atoms with Crippen molar-refractivity contribution in [3.8, 4) is 0 Å². The highest BCUT2D eigenvalue weighted by molar-refractivity contribution is 7.07. The third-order valence-corrected chi connectivity index (χ3v) is 2.52. The van der Waals surface area contributed by atoms with Gasteiger partial charge in [-0.3, -0.25) is 0 Å². The fourth-order valence-corrected chi connectivity index (χ4v) is 1.68. The molecule has 0 saturated heterocycles. The molecular weight excluding hydrogens is 214 g/mol. The zero-order valence-corrected chi connectivity index (χ0v) is 9.91. The number of nitrogens with one attached hydrogen (secondary N) is 1. The summed E-state index contributed by atoms with van der Waals surface area (Å²) in [6.45, 7) is 6.00. The fourth-order valence-electron chi connectivity index (χ4n) is 1.22. The first kappa shape index (κ1) is 12.3. The van der Waals surface area contributed by atoms with Crippen LogP contribution < -0.4 is 0 Å². The molecule has 1 aromatic carbocycles. The maximum absolute atomic E-state index is 3.12. The molecule has 0 atom stereocenters. The fraction of sp³-hybridized carbons (Fsp3) is 0. The maximum atomic E-state index is 3.12. The summed E-state index contributed by atoms with van der Waals surface area (Å²) < 4.78 is 0. The van der Waals surface area contributed by atoms with Crippen LogP contribution >= 0.6 is 11.3 Å². The van der Waals surface area contributed by atoms with Crippen LogP contribution in [-0.2, 0) is 0 Å². The average Bonchev–Trinajstić information content (AvgIpc) is 3.06. The van der Waals surface area contributed by atoms with E-state index in [-0.39, 0.29) is 0 Å². The molecule has 2 aromatic heterocycles. The van der Waals surface area contributed by atoms with Crippen molar-refractivity contribution in [2.75, 3.05) is 0 Å². The van der Waals surface area contributed by atoms with E-state index in [0.717, 1.165) is 0 Å². The molecule has 0 spiro atoms. The number of fused-ring (bicyclic) bond motifs is 1. The smallest absolute Gasteiger partial charge is 0.0453 e. The van der Waals surface area contributed by atoms with E-state index in [4.69, 9.17) is 0 Å². The van der Waals surface area contributed by atoms with E-state index in [1.165, 1.54) is 10.9 Å². The normalized spacial score (nSPS) is 8.50. The Labute approximate surface area is 100 Å². The lowest BCUT2D eigenvalue weighted by molar-refractivity contribution is 1.48. The van der Waals surface area contributed by atoms with Gasteiger partial charge in [0.2, 0.25) is 0 Å². The monoisotopic (exact) mass is 229 g/mol. The van der Waals surface area contributed by atoms with Gasteiger partial charge in [0.05, 0.1) is 0 Å². The molecule has 0 amide bonds. The Kier molecular flexibility index (Phi) is 5.74. The van der Waals surface area contributed by atoms with Crippen molar-refractivity contribution in [1.29, 1.82) is 0 Å². The third-order valence-electron chi connectivity index (χ3n) is 1.89. The lowest BCUT2D eigenvalue weighted by Gasteiger charge is -1.83. The number of aromatic nitrogens is 1. The molecule has 0 radical (unpaired) electrons. The standard InChI is InChI=1S/C8H7N.C4H4S.C2H4/c1-2-4-8-7(3-1)5-6-9-8;1-2-4-5-3-1;1-2/h1-6,9H;1-4H;1-2H2. The summed E-state index contributed by atoms with van der Waals surface area (Å²) in [5, 5.41) is 5.36. The third kappa shape index (κ3) is 3.75. The summed E-state index contributed by atoms with van der Waals surface area (Å²) in [7, 11) is 0. The van der Waals surface area contributed by atoms with E-state index < -0.39 is 0 Å². The van der Waals surface area contributed by atoms with Gasteiger partial charge in [0.1, 0.15) is 0 Å². The van der Waals surface area contributed by atoms with E-state index in [2.05, 4.69) is 36.3 Å². The summed E-state index contributed by atoms with van der Waals surface area (Å²) in [6, 6.07) is 14.3. The second-order valence-electron chi connectivity index (χ2n) is 2.86. The van der Waals surface area contributed by atoms with Crippen LogP contribution in [0.3, 0.4) is 0 Å². The van der Waals surface area contributed by atoms with E-state index in [1.54, 1.807) is 11.3 Å². The minimum Gasteiger partial charge on any atom is -0.361 e. The molecule has 0 saturated carbocycles. The molecule has 0 aliphatic rings. The number of para-hydroxylation sites is 1. The Morgan fingerprint density at radius 3 is 2.12 bits per heavy atom. The van der Waals surface area contributed by atoms with Crippen LogP contribution in [0.25, 0.3) is 10.9 Å². The summed E-state index contributed by atoms with van der Waals surface area (Å²) in [5.41, 5.74) is 1.21. The largest absolute Gasteiger partial charge is 0.361 e. The van der Waals surface area contributed by atoms with E-state index in [0.29, 0.717) is 0 Å². The summed E-state index contributed by atoms with van der Waals surface area (Å²) in [4.78, 5) is 3.12. The quantitative estimate of drug-likeness (QED) is 0.537. The Balaban J connectivity index is 0.000000156. The molecule has 2 heteroatoms. The first-order chi connectivity index (χ1) is 7.97. The SMILES string of the molecule is C=C.c1ccc2[nH]ccc2c1.c1ccsc1. The van der Waals surface area contributed by atoms with Crippen molar-refractivity contribution < 1.29 is 0 Å². The second kappa shape index (κ2) is 7.49. The number of aromatic amines is 1. The topological polar surface area (TPSA) is 15.8 Å². The van der Waals surface area contributed by atoms with Gasteiger partial charge in [-0.1, -0.05) is 30.3 Å². The Morgan fingerprint density at radius 1 is 0.875 bits per heavy atom. The molecule has 3 rings (SSSR count). The first-order valence-corrected chi connectivity index (χ1v) is 5.90. The molecule has 0 bridgehead atoms.